The van der Waals surface area contributed by atoms with Gasteiger partial charge in [-0.05, 0) is 65.7 Å². The number of carbonyl (C=O) groups excluding carboxylic acids is 1. The van der Waals surface area contributed by atoms with Gasteiger partial charge in [-0.25, -0.2) is 0 Å². The highest BCUT2D eigenvalue weighted by molar-refractivity contribution is 5.84. The number of aliphatic imine (C=N–C) groups is 1. The number of methoxy groups -OCH3 is 1. The largest absolute Gasteiger partial charge is 0.493 e. The van der Waals surface area contributed by atoms with E-state index in [1.54, 1.807) is 18.3 Å². The number of ether oxygens (including phenoxy) is 3. The fraction of sp³-hybridized carbons (Fsp3) is 0.0714. The van der Waals surface area contributed by atoms with Crippen molar-refractivity contribution in [1.82, 2.24) is 0 Å². The number of benzene rings is 4. The van der Waals surface area contributed by atoms with Crippen LogP contribution < -0.4 is 14.2 Å². The van der Waals surface area contributed by atoms with E-state index in [9.17, 15) is 4.79 Å². The first-order chi connectivity index (χ1) is 16.2. The summed E-state index contributed by atoms with van der Waals surface area (Å²) in [5, 5.41) is 0. The lowest BCUT2D eigenvalue weighted by Crippen LogP contribution is -2.11. The van der Waals surface area contributed by atoms with E-state index in [0.29, 0.717) is 11.5 Å². The van der Waals surface area contributed by atoms with Crippen LogP contribution in [0.3, 0.4) is 0 Å². The Morgan fingerprint density at radius 2 is 1.45 bits per heavy atom. The van der Waals surface area contributed by atoms with Gasteiger partial charge in [0.15, 0.2) is 11.5 Å². The van der Waals surface area contributed by atoms with Gasteiger partial charge in [0.2, 0.25) is 0 Å². The van der Waals surface area contributed by atoms with Gasteiger partial charge in [0.05, 0.1) is 19.2 Å². The van der Waals surface area contributed by atoms with Gasteiger partial charge in [-0.15, -0.1) is 0 Å². The molecule has 0 aliphatic rings. The minimum Gasteiger partial charge on any atom is -0.493 e. The number of para-hydroxylation sites is 1. The summed E-state index contributed by atoms with van der Waals surface area (Å²) in [6, 6.07) is 31.9. The van der Waals surface area contributed by atoms with Crippen LogP contribution in [-0.2, 0) is 11.2 Å². The summed E-state index contributed by atoms with van der Waals surface area (Å²) in [7, 11) is 1.54. The molecule has 0 heterocycles. The fourth-order valence-electron chi connectivity index (χ4n) is 3.14. The first-order valence-electron chi connectivity index (χ1n) is 10.5. The van der Waals surface area contributed by atoms with Gasteiger partial charge in [0.1, 0.15) is 11.5 Å². The van der Waals surface area contributed by atoms with Crippen molar-refractivity contribution in [1.29, 1.82) is 0 Å². The zero-order valence-electron chi connectivity index (χ0n) is 18.2. The minimum atomic E-state index is -0.348. The van der Waals surface area contributed by atoms with Crippen molar-refractivity contribution < 1.29 is 19.0 Å². The Morgan fingerprint density at radius 1 is 0.788 bits per heavy atom. The third-order valence-corrected chi connectivity index (χ3v) is 4.78. The highest BCUT2D eigenvalue weighted by atomic mass is 16.6. The summed E-state index contributed by atoms with van der Waals surface area (Å²) in [6.07, 6.45) is 1.92. The van der Waals surface area contributed by atoms with Crippen LogP contribution in [-0.4, -0.2) is 19.3 Å². The van der Waals surface area contributed by atoms with E-state index < -0.39 is 0 Å². The minimum absolute atomic E-state index is 0.192. The van der Waals surface area contributed by atoms with Crippen molar-refractivity contribution in [3.63, 3.8) is 0 Å². The molecule has 0 radical (unpaired) electrons. The van der Waals surface area contributed by atoms with Crippen LogP contribution in [0.4, 0.5) is 5.69 Å². The number of hydrogen-bond acceptors (Lipinski definition) is 5. The van der Waals surface area contributed by atoms with E-state index in [4.69, 9.17) is 14.2 Å². The molecule has 5 heteroatoms. The Hall–Kier alpha value is -4.38. The van der Waals surface area contributed by atoms with Crippen molar-refractivity contribution in [2.24, 2.45) is 4.99 Å². The van der Waals surface area contributed by atoms with Crippen LogP contribution in [0.1, 0.15) is 11.1 Å². The van der Waals surface area contributed by atoms with Crippen LogP contribution in [0.5, 0.6) is 23.0 Å². The van der Waals surface area contributed by atoms with Gasteiger partial charge < -0.3 is 14.2 Å². The predicted molar refractivity (Wildman–Crippen MR) is 129 cm³/mol. The van der Waals surface area contributed by atoms with E-state index in [1.807, 2.05) is 91.0 Å². The quantitative estimate of drug-likeness (QED) is 0.182. The second-order valence-electron chi connectivity index (χ2n) is 7.21. The maximum Gasteiger partial charge on any atom is 0.315 e. The van der Waals surface area contributed by atoms with E-state index in [2.05, 4.69) is 4.99 Å². The molecular weight excluding hydrogens is 414 g/mol. The van der Waals surface area contributed by atoms with Gasteiger partial charge in [-0.2, -0.15) is 0 Å². The zero-order chi connectivity index (χ0) is 22.9. The molecular formula is C28H23NO4. The topological polar surface area (TPSA) is 57.1 Å². The third-order valence-electron chi connectivity index (χ3n) is 4.78. The third kappa shape index (κ3) is 6.31. The molecule has 0 N–H and O–H groups in total. The molecule has 0 atom stereocenters. The lowest BCUT2D eigenvalue weighted by Gasteiger charge is -2.10. The van der Waals surface area contributed by atoms with Crippen LogP contribution >= 0.6 is 0 Å². The van der Waals surface area contributed by atoms with Crippen LogP contribution in [0, 0.1) is 0 Å². The van der Waals surface area contributed by atoms with Gasteiger partial charge >= 0.3 is 5.97 Å². The molecule has 0 saturated heterocycles. The molecule has 0 aliphatic heterocycles. The molecule has 0 amide bonds. The lowest BCUT2D eigenvalue weighted by molar-refractivity contribution is -0.133. The van der Waals surface area contributed by atoms with Crippen LogP contribution in [0.25, 0.3) is 0 Å². The van der Waals surface area contributed by atoms with E-state index in [0.717, 1.165) is 28.3 Å². The summed E-state index contributed by atoms with van der Waals surface area (Å²) in [6.45, 7) is 0. The number of hydrogen-bond donors (Lipinski definition) is 0. The number of rotatable bonds is 8. The molecule has 0 saturated carbocycles. The van der Waals surface area contributed by atoms with Crippen molar-refractivity contribution in [3.8, 4) is 23.0 Å². The highest BCUT2D eigenvalue weighted by Gasteiger charge is 2.11. The summed E-state index contributed by atoms with van der Waals surface area (Å²) >= 11 is 0. The Morgan fingerprint density at radius 3 is 2.15 bits per heavy atom. The Kier molecular flexibility index (Phi) is 7.13. The highest BCUT2D eigenvalue weighted by Crippen LogP contribution is 2.29. The number of carbonyl (C=O) groups is 1. The molecule has 4 aromatic carbocycles. The normalized spacial score (nSPS) is 10.7. The standard InChI is InChI=1S/C28H23NO4/c1-31-27-18-22(12-17-26(27)33-28(30)19-21-8-4-2-5-9-21)20-29-23-13-15-25(16-14-23)32-24-10-6-3-7-11-24/h2-18,20H,19H2,1H3. The molecule has 0 aliphatic carbocycles. The molecule has 0 bridgehead atoms. The van der Waals surface area contributed by atoms with Gasteiger partial charge in [-0.3, -0.25) is 9.79 Å². The number of esters is 1. The lowest BCUT2D eigenvalue weighted by atomic mass is 10.1. The van der Waals surface area contributed by atoms with Gasteiger partial charge in [0, 0.05) is 6.21 Å². The zero-order valence-corrected chi connectivity index (χ0v) is 18.2. The molecule has 0 spiro atoms. The van der Waals surface area contributed by atoms with Gasteiger partial charge in [-0.1, -0.05) is 48.5 Å². The van der Waals surface area contributed by atoms with E-state index in [1.165, 1.54) is 7.11 Å². The maximum atomic E-state index is 12.3. The second kappa shape index (κ2) is 10.8. The second-order valence-corrected chi connectivity index (χ2v) is 7.21. The first-order valence-corrected chi connectivity index (χ1v) is 10.5. The van der Waals surface area contributed by atoms with E-state index in [-0.39, 0.29) is 12.4 Å². The number of nitrogens with zero attached hydrogens (tertiary/aromatic N) is 1. The van der Waals surface area contributed by atoms with Crippen molar-refractivity contribution in [2.45, 2.75) is 6.42 Å². The Bertz CT molecular complexity index is 1220. The molecule has 0 aromatic heterocycles. The van der Waals surface area contributed by atoms with Gasteiger partial charge in [0.25, 0.3) is 0 Å². The summed E-state index contributed by atoms with van der Waals surface area (Å²) in [5.74, 6) is 2.01. The average molecular weight is 437 g/mol. The first kappa shape index (κ1) is 21.8. The summed E-state index contributed by atoms with van der Waals surface area (Å²) < 4.78 is 16.7. The summed E-state index contributed by atoms with van der Waals surface area (Å²) in [4.78, 5) is 16.8. The molecule has 0 fully saturated rings. The molecule has 0 unspecified atom stereocenters. The Balaban J connectivity index is 1.39. The predicted octanol–water partition coefficient (Wildman–Crippen LogP) is 6.39. The fourth-order valence-corrected chi connectivity index (χ4v) is 3.14. The Labute approximate surface area is 192 Å². The molecule has 164 valence electrons. The molecule has 4 aromatic rings. The monoisotopic (exact) mass is 437 g/mol. The SMILES string of the molecule is COc1cc(C=Nc2ccc(Oc3ccccc3)cc2)ccc1OC(=O)Cc1ccccc1. The molecule has 33 heavy (non-hydrogen) atoms. The summed E-state index contributed by atoms with van der Waals surface area (Å²) in [5.41, 5.74) is 2.50. The molecule has 5 nitrogen and oxygen atoms in total. The molecule has 4 rings (SSSR count). The maximum absolute atomic E-state index is 12.3. The van der Waals surface area contributed by atoms with E-state index >= 15 is 0 Å². The van der Waals surface area contributed by atoms with Crippen molar-refractivity contribution >= 4 is 17.9 Å². The van der Waals surface area contributed by atoms with Crippen molar-refractivity contribution in [3.05, 3.63) is 114 Å². The smallest absolute Gasteiger partial charge is 0.315 e. The van der Waals surface area contributed by atoms with Crippen LogP contribution in [0.15, 0.2) is 108 Å². The van der Waals surface area contributed by atoms with Crippen LogP contribution in [0.2, 0.25) is 0 Å². The van der Waals surface area contributed by atoms with Crippen molar-refractivity contribution in [2.75, 3.05) is 7.11 Å². The average Bonchev–Trinajstić information content (AvgIpc) is 2.85.